The number of halogens is 2. The average molecular weight is 316 g/mol. The van der Waals surface area contributed by atoms with Gasteiger partial charge in [-0.3, -0.25) is 4.79 Å². The molecule has 0 radical (unpaired) electrons. The third-order valence-electron chi connectivity index (χ3n) is 2.92. The number of unbranched alkanes of at least 4 members (excludes halogenated alkanes) is 2. The first-order valence-electron chi connectivity index (χ1n) is 6.54. The molecule has 1 rings (SSSR count). The summed E-state index contributed by atoms with van der Waals surface area (Å²) in [6.45, 7) is 0.863. The summed E-state index contributed by atoms with van der Waals surface area (Å²) in [5.41, 5.74) is 0.651. The van der Waals surface area contributed by atoms with Gasteiger partial charge in [0.2, 0.25) is 5.91 Å². The van der Waals surface area contributed by atoms with Gasteiger partial charge in [-0.05, 0) is 37.5 Å². The van der Waals surface area contributed by atoms with Crippen LogP contribution in [0.3, 0.4) is 0 Å². The average Bonchev–Trinajstić information content (AvgIpc) is 2.42. The lowest BCUT2D eigenvalue weighted by Crippen LogP contribution is -2.25. The highest BCUT2D eigenvalue weighted by Crippen LogP contribution is 2.25. The van der Waals surface area contributed by atoms with Gasteiger partial charge >= 0.3 is 0 Å². The molecule has 0 bridgehead atoms. The summed E-state index contributed by atoms with van der Waals surface area (Å²) < 4.78 is 0. The molecule has 1 amide bonds. The van der Waals surface area contributed by atoms with Crippen molar-refractivity contribution in [2.75, 3.05) is 20.2 Å². The lowest BCUT2D eigenvalue weighted by Gasteiger charge is -2.14. The Hall–Kier alpha value is -1.03. The molecule has 0 aliphatic heterocycles. The number of hydrogen-bond donors (Lipinski definition) is 1. The molecule has 3 nitrogen and oxygen atoms in total. The highest BCUT2D eigenvalue weighted by Gasteiger charge is 2.06. The van der Waals surface area contributed by atoms with E-state index in [1.165, 1.54) is 6.08 Å². The van der Waals surface area contributed by atoms with Crippen molar-refractivity contribution in [2.24, 2.45) is 0 Å². The van der Waals surface area contributed by atoms with E-state index in [9.17, 15) is 4.79 Å². The van der Waals surface area contributed by atoms with Crippen LogP contribution in [0.5, 0.6) is 0 Å². The minimum absolute atomic E-state index is 0.0926. The van der Waals surface area contributed by atoms with Gasteiger partial charge in [0, 0.05) is 41.9 Å². The van der Waals surface area contributed by atoms with Crippen molar-refractivity contribution in [1.82, 2.24) is 4.90 Å². The number of rotatable bonds is 7. The van der Waals surface area contributed by atoms with Crippen molar-refractivity contribution in [2.45, 2.75) is 19.3 Å². The number of carbonyl (C=O) groups is 1. The molecule has 0 aromatic heterocycles. The van der Waals surface area contributed by atoms with Crippen molar-refractivity contribution in [3.05, 3.63) is 39.9 Å². The largest absolute Gasteiger partial charge is 0.396 e. The molecule has 1 N–H and O–H groups in total. The first-order chi connectivity index (χ1) is 9.56. The molecule has 0 saturated carbocycles. The van der Waals surface area contributed by atoms with E-state index in [1.807, 2.05) is 0 Å². The van der Waals surface area contributed by atoms with Gasteiger partial charge < -0.3 is 10.0 Å². The van der Waals surface area contributed by atoms with E-state index in [2.05, 4.69) is 0 Å². The second-order valence-electron chi connectivity index (χ2n) is 4.51. The van der Waals surface area contributed by atoms with Crippen LogP contribution in [0.1, 0.15) is 24.8 Å². The summed E-state index contributed by atoms with van der Waals surface area (Å²) in [6, 6.07) is 5.23. The number of likely N-dealkylation sites (N-methyl/N-ethyl adjacent to an activating group) is 1. The Balaban J connectivity index is 2.54. The fraction of sp³-hybridized carbons (Fsp3) is 0.400. The molecule has 0 aliphatic carbocycles. The van der Waals surface area contributed by atoms with Crippen LogP contribution >= 0.6 is 23.2 Å². The van der Waals surface area contributed by atoms with E-state index in [4.69, 9.17) is 28.3 Å². The van der Waals surface area contributed by atoms with Gasteiger partial charge in [-0.2, -0.15) is 0 Å². The Kier molecular flexibility index (Phi) is 7.67. The third-order valence-corrected chi connectivity index (χ3v) is 3.58. The second kappa shape index (κ2) is 9.01. The van der Waals surface area contributed by atoms with Gasteiger partial charge in [-0.25, -0.2) is 0 Å². The van der Waals surface area contributed by atoms with Gasteiger partial charge in [0.1, 0.15) is 0 Å². The minimum atomic E-state index is -0.0926. The van der Waals surface area contributed by atoms with Crippen molar-refractivity contribution < 1.29 is 9.90 Å². The zero-order valence-electron chi connectivity index (χ0n) is 11.5. The quantitative estimate of drug-likeness (QED) is 0.616. The molecule has 1 aromatic carbocycles. The van der Waals surface area contributed by atoms with Crippen LogP contribution in [-0.4, -0.2) is 36.1 Å². The van der Waals surface area contributed by atoms with Crippen molar-refractivity contribution in [1.29, 1.82) is 0 Å². The third kappa shape index (κ3) is 5.53. The Morgan fingerprint density at radius 2 is 1.90 bits per heavy atom. The number of aliphatic hydroxyl groups excluding tert-OH is 1. The van der Waals surface area contributed by atoms with Crippen LogP contribution in [0.4, 0.5) is 0 Å². The number of carbonyl (C=O) groups excluding carboxylic acids is 1. The molecule has 0 spiro atoms. The summed E-state index contributed by atoms with van der Waals surface area (Å²) in [5, 5.41) is 9.73. The van der Waals surface area contributed by atoms with Crippen LogP contribution in [0.25, 0.3) is 6.08 Å². The van der Waals surface area contributed by atoms with Crippen molar-refractivity contribution in [3.8, 4) is 0 Å². The molecule has 0 heterocycles. The summed E-state index contributed by atoms with van der Waals surface area (Å²) in [6.07, 6.45) is 5.67. The molecule has 0 saturated heterocycles. The van der Waals surface area contributed by atoms with Gasteiger partial charge in [0.05, 0.1) is 0 Å². The fourth-order valence-electron chi connectivity index (χ4n) is 1.70. The maximum absolute atomic E-state index is 11.9. The van der Waals surface area contributed by atoms with Crippen LogP contribution in [0.2, 0.25) is 10.0 Å². The molecule has 0 atom stereocenters. The first-order valence-corrected chi connectivity index (χ1v) is 7.30. The predicted octanol–water partition coefficient (Wildman–Crippen LogP) is 3.63. The van der Waals surface area contributed by atoms with Crippen LogP contribution < -0.4 is 0 Å². The van der Waals surface area contributed by atoms with Crippen LogP contribution in [0.15, 0.2) is 24.3 Å². The molecule has 5 heteroatoms. The van der Waals surface area contributed by atoms with Gasteiger partial charge in [-0.1, -0.05) is 29.3 Å². The van der Waals surface area contributed by atoms with Crippen molar-refractivity contribution in [3.63, 3.8) is 0 Å². The first kappa shape index (κ1) is 17.0. The molecule has 1 aromatic rings. The monoisotopic (exact) mass is 315 g/mol. The van der Waals surface area contributed by atoms with E-state index >= 15 is 0 Å². The summed E-state index contributed by atoms with van der Waals surface area (Å²) in [7, 11) is 1.75. The van der Waals surface area contributed by atoms with E-state index in [-0.39, 0.29) is 12.5 Å². The van der Waals surface area contributed by atoms with E-state index in [1.54, 1.807) is 36.2 Å². The molecule has 110 valence electrons. The Morgan fingerprint density at radius 3 is 2.50 bits per heavy atom. The smallest absolute Gasteiger partial charge is 0.246 e. The Labute approximate surface area is 129 Å². The Morgan fingerprint density at radius 1 is 1.25 bits per heavy atom. The molecular weight excluding hydrogens is 297 g/mol. The molecule has 0 fully saturated rings. The van der Waals surface area contributed by atoms with E-state index in [0.717, 1.165) is 19.3 Å². The number of amides is 1. The lowest BCUT2D eigenvalue weighted by molar-refractivity contribution is -0.124. The van der Waals surface area contributed by atoms with Crippen LogP contribution in [-0.2, 0) is 4.79 Å². The molecule has 20 heavy (non-hydrogen) atoms. The van der Waals surface area contributed by atoms with Gasteiger partial charge in [-0.15, -0.1) is 0 Å². The normalized spacial score (nSPS) is 11.0. The van der Waals surface area contributed by atoms with Crippen molar-refractivity contribution >= 4 is 35.2 Å². The standard InChI is InChI=1S/C15H19Cl2NO2/c1-18(10-3-2-4-11-19)15(20)9-8-12-13(16)6-5-7-14(12)17/h5-9,19H,2-4,10-11H2,1H3/b9-8+. The summed E-state index contributed by atoms with van der Waals surface area (Å²) in [4.78, 5) is 13.5. The number of benzene rings is 1. The number of aliphatic hydroxyl groups is 1. The van der Waals surface area contributed by atoms with Gasteiger partial charge in [0.25, 0.3) is 0 Å². The zero-order chi connectivity index (χ0) is 15.0. The molecular formula is C15H19Cl2NO2. The zero-order valence-corrected chi connectivity index (χ0v) is 13.0. The minimum Gasteiger partial charge on any atom is -0.396 e. The number of hydrogen-bond acceptors (Lipinski definition) is 2. The molecule has 0 aliphatic rings. The topological polar surface area (TPSA) is 40.5 Å². The SMILES string of the molecule is CN(CCCCCO)C(=O)/C=C/c1c(Cl)cccc1Cl. The maximum atomic E-state index is 11.9. The lowest BCUT2D eigenvalue weighted by atomic mass is 10.2. The molecule has 0 unspecified atom stereocenters. The van der Waals surface area contributed by atoms with Crippen LogP contribution in [0, 0.1) is 0 Å². The second-order valence-corrected chi connectivity index (χ2v) is 5.33. The maximum Gasteiger partial charge on any atom is 0.246 e. The number of nitrogens with zero attached hydrogens (tertiary/aromatic N) is 1. The fourth-order valence-corrected chi connectivity index (χ4v) is 2.22. The highest BCUT2D eigenvalue weighted by molar-refractivity contribution is 6.37. The highest BCUT2D eigenvalue weighted by atomic mass is 35.5. The van der Waals surface area contributed by atoms with E-state index in [0.29, 0.717) is 22.2 Å². The Bertz CT molecular complexity index is 455. The summed E-state index contributed by atoms with van der Waals surface area (Å²) in [5.74, 6) is -0.0926. The summed E-state index contributed by atoms with van der Waals surface area (Å²) >= 11 is 12.1. The van der Waals surface area contributed by atoms with Gasteiger partial charge in [0.15, 0.2) is 0 Å². The predicted molar refractivity (Wildman–Crippen MR) is 84.1 cm³/mol. The van der Waals surface area contributed by atoms with E-state index < -0.39 is 0 Å².